The molecule has 0 radical (unpaired) electrons. The third-order valence-electron chi connectivity index (χ3n) is 7.72. The lowest BCUT2D eigenvalue weighted by atomic mass is 10.3. The molecule has 0 aromatic carbocycles. The molecule has 22 heteroatoms. The van der Waals surface area contributed by atoms with Gasteiger partial charge in [0.15, 0.2) is 0 Å². The Balaban J connectivity index is 0.000000379. The standard InChI is InChI=1S/C6H10N2.C5H9N3.C5H8N2O.2C5H8N2.C5H6N2.3C4H6N2.C3H4N2/c1-2-3-6-4-7-5-8-6;6-2-1-5-3-7-4-8-5;8-2-1-5-3-6-4-7-5;1-4-3-6-5(2)7-4;2*1-2-5-6-3-4-7-5;1-4-2-5-3-6-4;1-6-3-2-5-4-6;1-4-5-2-3-6-4;1-2-5-3-4-1/h4-5H,2-3H2,1H3,(H,7,8);3-4H,1-2,6H2,(H,7,8);3-4,8H,1-2H2,(H,6,7);3H,1-2H3,(H,6,7);3-4H,2H2,1H3,(H,6,7);2-4H,1H2,(H,6,7);2-3H,1H3,(H,5,6);2-4H,1H3;2-3H,1H3,(H,5,6);1-3H,(H,4,5). The normalized spacial score (nSPS) is 9.13. The van der Waals surface area contributed by atoms with Crippen LogP contribution in [0, 0.1) is 27.7 Å². The molecule has 10 aromatic rings. The molecule has 68 heavy (non-hydrogen) atoms. The van der Waals surface area contributed by atoms with E-state index in [4.69, 9.17) is 10.8 Å². The minimum atomic E-state index is 0.183. The topological polar surface area (TPSA) is 322 Å². The molecule has 22 nitrogen and oxygen atoms in total. The maximum absolute atomic E-state index is 8.39. The molecule has 10 heterocycles. The highest BCUT2D eigenvalue weighted by atomic mass is 16.3. The van der Waals surface area contributed by atoms with Crippen molar-refractivity contribution in [2.24, 2.45) is 12.8 Å². The second kappa shape index (κ2) is 40.3. The van der Waals surface area contributed by atoms with Crippen molar-refractivity contribution in [1.29, 1.82) is 0 Å². The lowest BCUT2D eigenvalue weighted by Gasteiger charge is -1.86. The van der Waals surface area contributed by atoms with E-state index in [9.17, 15) is 0 Å². The summed E-state index contributed by atoms with van der Waals surface area (Å²) in [5.74, 6) is 3.83. The van der Waals surface area contributed by atoms with Crippen LogP contribution in [0.3, 0.4) is 0 Å². The van der Waals surface area contributed by atoms with E-state index in [0.717, 1.165) is 65.3 Å². The number of H-pyrrole nitrogens is 9. The molecule has 0 unspecified atom stereocenters. The molecule has 0 atom stereocenters. The van der Waals surface area contributed by atoms with Crippen molar-refractivity contribution in [1.82, 2.24) is 99.3 Å². The molecule has 12 N–H and O–H groups in total. The van der Waals surface area contributed by atoms with Gasteiger partial charge in [-0.15, -0.1) is 0 Å². The third kappa shape index (κ3) is 33.3. The molecular formula is C46H71N21O. The lowest BCUT2D eigenvalue weighted by Crippen LogP contribution is -2.02. The summed E-state index contributed by atoms with van der Waals surface area (Å²) in [6, 6.07) is 0. The van der Waals surface area contributed by atoms with Crippen molar-refractivity contribution in [2.75, 3.05) is 13.2 Å². The first-order chi connectivity index (χ1) is 33.1. The van der Waals surface area contributed by atoms with E-state index in [1.165, 1.54) is 12.1 Å². The van der Waals surface area contributed by atoms with Crippen LogP contribution in [0.15, 0.2) is 137 Å². The molecule has 0 saturated carbocycles. The van der Waals surface area contributed by atoms with E-state index < -0.39 is 0 Å². The summed E-state index contributed by atoms with van der Waals surface area (Å²) < 4.78 is 1.89. The second-order valence-corrected chi connectivity index (χ2v) is 13.6. The fourth-order valence-electron chi connectivity index (χ4n) is 4.44. The summed E-state index contributed by atoms with van der Waals surface area (Å²) >= 11 is 0. The van der Waals surface area contributed by atoms with Crippen molar-refractivity contribution in [2.45, 2.75) is 73.6 Å². The average molecular weight is 934 g/mol. The van der Waals surface area contributed by atoms with E-state index in [2.05, 4.69) is 115 Å². The van der Waals surface area contributed by atoms with Crippen LogP contribution in [-0.4, -0.2) is 118 Å². The summed E-state index contributed by atoms with van der Waals surface area (Å²) in [4.78, 5) is 64.6. The summed E-state index contributed by atoms with van der Waals surface area (Å²) in [6.45, 7) is 16.4. The van der Waals surface area contributed by atoms with Crippen molar-refractivity contribution in [3.05, 3.63) is 189 Å². The van der Waals surface area contributed by atoms with Crippen LogP contribution in [0.4, 0.5) is 0 Å². The average Bonchev–Trinajstić information content (AvgIpc) is 4.19. The van der Waals surface area contributed by atoms with Crippen molar-refractivity contribution in [3.63, 3.8) is 0 Å². The predicted molar refractivity (Wildman–Crippen MR) is 266 cm³/mol. The minimum absolute atomic E-state index is 0.183. The zero-order chi connectivity index (χ0) is 49.7. The van der Waals surface area contributed by atoms with Gasteiger partial charge in [0.2, 0.25) is 0 Å². The van der Waals surface area contributed by atoms with E-state index >= 15 is 0 Å². The Morgan fingerprint density at radius 3 is 1.46 bits per heavy atom. The monoisotopic (exact) mass is 934 g/mol. The highest BCUT2D eigenvalue weighted by molar-refractivity contribution is 5.34. The van der Waals surface area contributed by atoms with Gasteiger partial charge in [-0.1, -0.05) is 26.8 Å². The lowest BCUT2D eigenvalue weighted by molar-refractivity contribution is 0.298. The third-order valence-corrected chi connectivity index (χ3v) is 7.72. The number of aromatic nitrogens is 20. The molecule has 10 rings (SSSR count). The highest BCUT2D eigenvalue weighted by Crippen LogP contribution is 1.94. The number of aliphatic hydroxyl groups excluding tert-OH is 1. The Bertz CT molecular complexity index is 2170. The smallest absolute Gasteiger partial charge is 0.129 e. The number of aromatic amines is 9. The quantitative estimate of drug-likeness (QED) is 0.0774. The molecule has 0 aliphatic carbocycles. The van der Waals surface area contributed by atoms with Crippen LogP contribution in [0.25, 0.3) is 6.08 Å². The van der Waals surface area contributed by atoms with Gasteiger partial charge >= 0.3 is 0 Å². The van der Waals surface area contributed by atoms with Crippen molar-refractivity contribution >= 4 is 6.08 Å². The molecule has 0 saturated heterocycles. The fourth-order valence-corrected chi connectivity index (χ4v) is 4.44. The van der Waals surface area contributed by atoms with Crippen LogP contribution in [0.5, 0.6) is 0 Å². The Hall–Kier alpha value is -8.24. The molecule has 0 aliphatic heterocycles. The number of nitrogens with zero attached hydrogens (tertiary/aromatic N) is 11. The number of imidazole rings is 10. The number of aryl methyl sites for hydroxylation is 7. The van der Waals surface area contributed by atoms with Gasteiger partial charge in [-0.2, -0.15) is 0 Å². The number of hydrogen-bond acceptors (Lipinski definition) is 12. The van der Waals surface area contributed by atoms with Crippen LogP contribution < -0.4 is 5.73 Å². The molecule has 0 fully saturated rings. The SMILES string of the molecule is C=Cc1ncc[nH]1.CCCc1cnc[nH]1.CCc1ncc[nH]1.Cc1cnc(C)[nH]1.Cc1cnc[nH]1.Cc1ncc[nH]1.Cn1ccnc1.NCCc1cnc[nH]1.OCCc1cnc[nH]1.c1c[nH]cn1. The van der Waals surface area contributed by atoms with Crippen LogP contribution in [0.2, 0.25) is 0 Å². The molecule has 0 spiro atoms. The van der Waals surface area contributed by atoms with E-state index in [1.54, 1.807) is 112 Å². The fraction of sp³-hybridized carbons (Fsp3) is 0.304. The van der Waals surface area contributed by atoms with Gasteiger partial charge in [0.05, 0.1) is 38.0 Å². The Morgan fingerprint density at radius 2 is 1.21 bits per heavy atom. The largest absolute Gasteiger partial charge is 0.396 e. The molecule has 0 bridgehead atoms. The Kier molecular flexibility index (Phi) is 34.2. The molecule has 10 aromatic heterocycles. The number of rotatable bonds is 8. The minimum Gasteiger partial charge on any atom is -0.396 e. The second-order valence-electron chi connectivity index (χ2n) is 13.6. The number of hydrogen-bond donors (Lipinski definition) is 11. The van der Waals surface area contributed by atoms with Crippen LogP contribution >= 0.6 is 0 Å². The number of aliphatic hydroxyl groups is 1. The summed E-state index contributed by atoms with van der Waals surface area (Å²) in [6.07, 6.45) is 43.1. The maximum atomic E-state index is 8.39. The Labute approximate surface area is 398 Å². The van der Waals surface area contributed by atoms with Gasteiger partial charge in [0.1, 0.15) is 23.3 Å². The van der Waals surface area contributed by atoms with Crippen molar-refractivity contribution in [3.8, 4) is 0 Å². The first kappa shape index (κ1) is 57.8. The van der Waals surface area contributed by atoms with Crippen molar-refractivity contribution < 1.29 is 5.11 Å². The van der Waals surface area contributed by atoms with E-state index in [-0.39, 0.29) is 6.61 Å². The van der Waals surface area contributed by atoms with Gasteiger partial charge in [0, 0.05) is 154 Å². The first-order valence-electron chi connectivity index (χ1n) is 21.7. The number of nitrogens with two attached hydrogens (primary N) is 1. The summed E-state index contributed by atoms with van der Waals surface area (Å²) in [5, 5.41) is 8.39. The number of nitrogens with one attached hydrogen (secondary N) is 9. The van der Waals surface area contributed by atoms with Crippen LogP contribution in [0.1, 0.15) is 72.0 Å². The van der Waals surface area contributed by atoms with E-state index in [0.29, 0.717) is 13.0 Å². The van der Waals surface area contributed by atoms with E-state index in [1.807, 2.05) is 64.1 Å². The summed E-state index contributed by atoms with van der Waals surface area (Å²) in [5.41, 5.74) is 10.8. The summed E-state index contributed by atoms with van der Waals surface area (Å²) in [7, 11) is 1.94. The molecule has 0 amide bonds. The first-order valence-corrected chi connectivity index (χ1v) is 21.7. The molecular weight excluding hydrogens is 863 g/mol. The van der Waals surface area contributed by atoms with Gasteiger partial charge in [-0.05, 0) is 46.7 Å². The van der Waals surface area contributed by atoms with Crippen LogP contribution in [-0.2, 0) is 32.7 Å². The molecule has 0 aliphatic rings. The van der Waals surface area contributed by atoms with Gasteiger partial charge in [-0.25, -0.2) is 49.8 Å². The maximum Gasteiger partial charge on any atom is 0.129 e. The highest BCUT2D eigenvalue weighted by Gasteiger charge is 1.89. The van der Waals surface area contributed by atoms with Gasteiger partial charge in [0.25, 0.3) is 0 Å². The predicted octanol–water partition coefficient (Wildman–Crippen LogP) is 6.53. The Morgan fingerprint density at radius 1 is 0.588 bits per heavy atom. The molecule has 366 valence electrons. The zero-order valence-corrected chi connectivity index (χ0v) is 40.3. The van der Waals surface area contributed by atoms with Gasteiger partial charge < -0.3 is 60.3 Å². The zero-order valence-electron chi connectivity index (χ0n) is 40.3. The van der Waals surface area contributed by atoms with Gasteiger partial charge in [-0.3, -0.25) is 0 Å².